The molecule has 0 radical (unpaired) electrons. The maximum atomic E-state index is 12.5. The van der Waals surface area contributed by atoms with E-state index in [0.29, 0.717) is 25.9 Å². The van der Waals surface area contributed by atoms with Crippen LogP contribution in [0.25, 0.3) is 0 Å². The van der Waals surface area contributed by atoms with Gasteiger partial charge in [0.25, 0.3) is 5.91 Å². The zero-order valence-electron chi connectivity index (χ0n) is 11.8. The average molecular weight is 263 g/mol. The summed E-state index contributed by atoms with van der Waals surface area (Å²) in [7, 11) is 1.63. The first kappa shape index (κ1) is 13.9. The zero-order valence-corrected chi connectivity index (χ0v) is 11.8. The van der Waals surface area contributed by atoms with E-state index in [0.717, 1.165) is 22.4 Å². The summed E-state index contributed by atoms with van der Waals surface area (Å²) in [5.74, 6) is 0.860. The van der Waals surface area contributed by atoms with Crippen LogP contribution in [0.1, 0.15) is 34.3 Å². The molecule has 0 aliphatic carbocycles. The topological polar surface area (TPSA) is 49.8 Å². The van der Waals surface area contributed by atoms with Gasteiger partial charge in [-0.05, 0) is 49.9 Å². The van der Waals surface area contributed by atoms with Crippen LogP contribution in [0.15, 0.2) is 12.1 Å². The van der Waals surface area contributed by atoms with Gasteiger partial charge < -0.3 is 14.7 Å². The first-order chi connectivity index (χ1) is 9.04. The standard InChI is InChI=1S/C15H21NO3/c1-10-11(2)14(19-3)5-4-13(10)15(18)16-8-6-12(17)7-9-16/h4-5,12,17H,6-9H2,1-3H3. The van der Waals surface area contributed by atoms with Crippen LogP contribution in [0, 0.1) is 13.8 Å². The second kappa shape index (κ2) is 5.61. The van der Waals surface area contributed by atoms with Gasteiger partial charge in [0.05, 0.1) is 13.2 Å². The molecule has 0 unspecified atom stereocenters. The molecule has 1 N–H and O–H groups in total. The molecule has 0 bridgehead atoms. The third-order valence-electron chi connectivity index (χ3n) is 3.94. The Hall–Kier alpha value is -1.55. The number of rotatable bonds is 2. The molecule has 1 aromatic carbocycles. The largest absolute Gasteiger partial charge is 0.496 e. The van der Waals surface area contributed by atoms with E-state index < -0.39 is 0 Å². The smallest absolute Gasteiger partial charge is 0.254 e. The molecule has 1 aliphatic heterocycles. The van der Waals surface area contributed by atoms with Gasteiger partial charge in [-0.2, -0.15) is 0 Å². The van der Waals surface area contributed by atoms with Crippen LogP contribution in [0.5, 0.6) is 5.75 Å². The van der Waals surface area contributed by atoms with Crippen molar-refractivity contribution in [3.05, 3.63) is 28.8 Å². The fourth-order valence-electron chi connectivity index (χ4n) is 2.49. The molecule has 19 heavy (non-hydrogen) atoms. The van der Waals surface area contributed by atoms with Gasteiger partial charge >= 0.3 is 0 Å². The highest BCUT2D eigenvalue weighted by molar-refractivity contribution is 5.96. The summed E-state index contributed by atoms with van der Waals surface area (Å²) >= 11 is 0. The molecule has 4 heteroatoms. The van der Waals surface area contributed by atoms with Crippen LogP contribution in [0.3, 0.4) is 0 Å². The predicted molar refractivity (Wildman–Crippen MR) is 73.6 cm³/mol. The van der Waals surface area contributed by atoms with Crippen molar-refractivity contribution in [3.63, 3.8) is 0 Å². The number of carbonyl (C=O) groups is 1. The summed E-state index contributed by atoms with van der Waals surface area (Å²) in [6.07, 6.45) is 1.07. The number of aliphatic hydroxyl groups is 1. The number of hydrogen-bond acceptors (Lipinski definition) is 3. The van der Waals surface area contributed by atoms with Crippen molar-refractivity contribution in [2.24, 2.45) is 0 Å². The highest BCUT2D eigenvalue weighted by Crippen LogP contribution is 2.25. The van der Waals surface area contributed by atoms with Crippen LogP contribution in [-0.4, -0.2) is 42.2 Å². The van der Waals surface area contributed by atoms with E-state index >= 15 is 0 Å². The van der Waals surface area contributed by atoms with E-state index in [-0.39, 0.29) is 12.0 Å². The number of amides is 1. The quantitative estimate of drug-likeness (QED) is 0.886. The minimum atomic E-state index is -0.261. The lowest BCUT2D eigenvalue weighted by Gasteiger charge is -2.30. The van der Waals surface area contributed by atoms with Gasteiger partial charge in [-0.3, -0.25) is 4.79 Å². The van der Waals surface area contributed by atoms with Crippen molar-refractivity contribution in [2.45, 2.75) is 32.8 Å². The Balaban J connectivity index is 2.22. The van der Waals surface area contributed by atoms with Crippen LogP contribution in [0.4, 0.5) is 0 Å². The maximum Gasteiger partial charge on any atom is 0.254 e. The Kier molecular flexibility index (Phi) is 4.10. The Bertz CT molecular complexity index is 477. The van der Waals surface area contributed by atoms with Crippen LogP contribution in [-0.2, 0) is 0 Å². The second-order valence-electron chi connectivity index (χ2n) is 5.09. The van der Waals surface area contributed by atoms with Gasteiger partial charge in [0.2, 0.25) is 0 Å². The molecule has 1 fully saturated rings. The predicted octanol–water partition coefficient (Wildman–Crippen LogP) is 1.91. The molecule has 1 aromatic rings. The third kappa shape index (κ3) is 2.73. The number of benzene rings is 1. The number of piperidine rings is 1. The molecule has 1 amide bonds. The summed E-state index contributed by atoms with van der Waals surface area (Å²) in [6, 6.07) is 3.67. The van der Waals surface area contributed by atoms with Crippen molar-refractivity contribution < 1.29 is 14.6 Å². The lowest BCUT2D eigenvalue weighted by atomic mass is 10.00. The zero-order chi connectivity index (χ0) is 14.0. The molecule has 0 atom stereocenters. The monoisotopic (exact) mass is 263 g/mol. The molecule has 104 valence electrons. The number of hydrogen-bond donors (Lipinski definition) is 1. The summed E-state index contributed by atoms with van der Waals surface area (Å²) in [5.41, 5.74) is 2.70. The van der Waals surface area contributed by atoms with E-state index in [4.69, 9.17) is 4.74 Å². The number of nitrogens with zero attached hydrogens (tertiary/aromatic N) is 1. The van der Waals surface area contributed by atoms with Gasteiger partial charge in [0.15, 0.2) is 0 Å². The van der Waals surface area contributed by atoms with Gasteiger partial charge in [-0.25, -0.2) is 0 Å². The minimum absolute atomic E-state index is 0.0511. The second-order valence-corrected chi connectivity index (χ2v) is 5.09. The van der Waals surface area contributed by atoms with Gasteiger partial charge in [-0.1, -0.05) is 0 Å². The van der Waals surface area contributed by atoms with Crippen molar-refractivity contribution in [3.8, 4) is 5.75 Å². The number of ether oxygens (including phenoxy) is 1. The van der Waals surface area contributed by atoms with Crippen molar-refractivity contribution in [2.75, 3.05) is 20.2 Å². The average Bonchev–Trinajstić information content (AvgIpc) is 2.42. The van der Waals surface area contributed by atoms with Crippen molar-refractivity contribution in [1.82, 2.24) is 4.90 Å². The van der Waals surface area contributed by atoms with E-state index in [1.807, 2.05) is 30.9 Å². The van der Waals surface area contributed by atoms with Crippen molar-refractivity contribution >= 4 is 5.91 Å². The van der Waals surface area contributed by atoms with E-state index in [1.165, 1.54) is 0 Å². The highest BCUT2D eigenvalue weighted by atomic mass is 16.5. The van der Waals surface area contributed by atoms with E-state index in [2.05, 4.69) is 0 Å². The first-order valence-corrected chi connectivity index (χ1v) is 6.66. The number of aliphatic hydroxyl groups excluding tert-OH is 1. The number of likely N-dealkylation sites (tertiary alicyclic amines) is 1. The molecule has 1 heterocycles. The first-order valence-electron chi connectivity index (χ1n) is 6.66. The number of carbonyl (C=O) groups excluding carboxylic acids is 1. The van der Waals surface area contributed by atoms with Crippen molar-refractivity contribution in [1.29, 1.82) is 0 Å². The SMILES string of the molecule is COc1ccc(C(=O)N2CCC(O)CC2)c(C)c1C. The summed E-state index contributed by atoms with van der Waals surface area (Å²) in [4.78, 5) is 14.3. The molecular formula is C15H21NO3. The summed E-state index contributed by atoms with van der Waals surface area (Å²) in [6.45, 7) is 5.17. The normalized spacial score (nSPS) is 16.5. The Labute approximate surface area is 114 Å². The molecule has 2 rings (SSSR count). The van der Waals surface area contributed by atoms with E-state index in [9.17, 15) is 9.90 Å². The molecule has 1 saturated heterocycles. The summed E-state index contributed by atoms with van der Waals surface area (Å²) < 4.78 is 5.26. The molecule has 0 saturated carbocycles. The molecule has 4 nitrogen and oxygen atoms in total. The maximum absolute atomic E-state index is 12.5. The summed E-state index contributed by atoms with van der Waals surface area (Å²) in [5, 5.41) is 9.49. The fourth-order valence-corrected chi connectivity index (χ4v) is 2.49. The van der Waals surface area contributed by atoms with Gasteiger partial charge in [0.1, 0.15) is 5.75 Å². The lowest BCUT2D eigenvalue weighted by molar-refractivity contribution is 0.0546. The molecule has 0 spiro atoms. The van der Waals surface area contributed by atoms with Gasteiger partial charge in [0, 0.05) is 18.7 Å². The minimum Gasteiger partial charge on any atom is -0.496 e. The highest BCUT2D eigenvalue weighted by Gasteiger charge is 2.24. The Morgan fingerprint density at radius 1 is 1.26 bits per heavy atom. The fraction of sp³-hybridized carbons (Fsp3) is 0.533. The van der Waals surface area contributed by atoms with Crippen LogP contribution in [0.2, 0.25) is 0 Å². The van der Waals surface area contributed by atoms with E-state index in [1.54, 1.807) is 7.11 Å². The number of methoxy groups -OCH3 is 1. The third-order valence-corrected chi connectivity index (χ3v) is 3.94. The molecular weight excluding hydrogens is 242 g/mol. The van der Waals surface area contributed by atoms with Crippen LogP contribution < -0.4 is 4.74 Å². The molecule has 1 aliphatic rings. The van der Waals surface area contributed by atoms with Crippen LogP contribution >= 0.6 is 0 Å². The Morgan fingerprint density at radius 2 is 1.89 bits per heavy atom. The van der Waals surface area contributed by atoms with Gasteiger partial charge in [-0.15, -0.1) is 0 Å². The Morgan fingerprint density at radius 3 is 2.47 bits per heavy atom. The lowest BCUT2D eigenvalue weighted by Crippen LogP contribution is -2.40. The molecule has 0 aromatic heterocycles.